The van der Waals surface area contributed by atoms with Crippen LogP contribution in [0.1, 0.15) is 12.8 Å². The van der Waals surface area contributed by atoms with Crippen LogP contribution < -0.4 is 0 Å². The topological polar surface area (TPSA) is 37.3 Å². The lowest BCUT2D eigenvalue weighted by molar-refractivity contribution is -0.124. The van der Waals surface area contributed by atoms with Crippen LogP contribution in [-0.2, 0) is 4.79 Å². The molecule has 0 amide bonds. The first-order valence-corrected chi connectivity index (χ1v) is 8.31. The van der Waals surface area contributed by atoms with Crippen molar-refractivity contribution >= 4 is 29.3 Å². The molecule has 4 bridgehead atoms. The van der Waals surface area contributed by atoms with E-state index in [0.717, 1.165) is 23.5 Å². The molecular formula is C13H16O2S2. The normalized spacial score (nSPS) is 53.4. The molecule has 4 aliphatic rings. The van der Waals surface area contributed by atoms with E-state index in [1.54, 1.807) is 0 Å². The van der Waals surface area contributed by atoms with Crippen molar-refractivity contribution in [2.45, 2.75) is 33.8 Å². The summed E-state index contributed by atoms with van der Waals surface area (Å²) in [7, 11) is 0. The van der Waals surface area contributed by atoms with Gasteiger partial charge in [0.15, 0.2) is 0 Å². The third-order valence-electron chi connectivity index (χ3n) is 4.80. The van der Waals surface area contributed by atoms with Gasteiger partial charge in [0.25, 0.3) is 0 Å². The van der Waals surface area contributed by atoms with Gasteiger partial charge in [-0.2, -0.15) is 11.8 Å². The standard InChI is InChI=1S/C13H16O2S2/c14-4-3-7(15)6-5-10-11-8-1-2-9(16-8)12(11)13(6)17-10/h1-2,6,8-14H,3-5H2. The highest BCUT2D eigenvalue weighted by atomic mass is 32.2. The Kier molecular flexibility index (Phi) is 2.43. The summed E-state index contributed by atoms with van der Waals surface area (Å²) < 4.78 is 0. The summed E-state index contributed by atoms with van der Waals surface area (Å²) in [4.78, 5) is 12.0. The fourth-order valence-corrected chi connectivity index (χ4v) is 8.43. The summed E-state index contributed by atoms with van der Waals surface area (Å²) in [6.45, 7) is 0.0200. The van der Waals surface area contributed by atoms with Crippen molar-refractivity contribution in [3.05, 3.63) is 12.2 Å². The average Bonchev–Trinajstić information content (AvgIpc) is 3.07. The van der Waals surface area contributed by atoms with Crippen LogP contribution in [0.25, 0.3) is 0 Å². The van der Waals surface area contributed by atoms with E-state index in [4.69, 9.17) is 5.11 Å². The molecule has 3 fully saturated rings. The van der Waals surface area contributed by atoms with Crippen molar-refractivity contribution in [2.24, 2.45) is 17.8 Å². The summed E-state index contributed by atoms with van der Waals surface area (Å²) in [6.07, 6.45) is 6.20. The lowest BCUT2D eigenvalue weighted by atomic mass is 9.68. The number of carbonyl (C=O) groups excluding carboxylic acids is 1. The Morgan fingerprint density at radius 2 is 2.00 bits per heavy atom. The zero-order valence-electron chi connectivity index (χ0n) is 9.49. The molecule has 2 nitrogen and oxygen atoms in total. The first-order chi connectivity index (χ1) is 8.29. The van der Waals surface area contributed by atoms with E-state index in [1.165, 1.54) is 0 Å². The van der Waals surface area contributed by atoms with E-state index in [1.807, 2.05) is 0 Å². The Morgan fingerprint density at radius 1 is 1.24 bits per heavy atom. The van der Waals surface area contributed by atoms with Gasteiger partial charge >= 0.3 is 0 Å². The molecule has 17 heavy (non-hydrogen) atoms. The van der Waals surface area contributed by atoms with Gasteiger partial charge in [0, 0.05) is 39.9 Å². The number of fused-ring (bicyclic) bond motifs is 9. The van der Waals surface area contributed by atoms with Crippen LogP contribution in [0.15, 0.2) is 12.2 Å². The van der Waals surface area contributed by atoms with Crippen LogP contribution in [0.5, 0.6) is 0 Å². The van der Waals surface area contributed by atoms with Crippen LogP contribution in [0, 0.1) is 17.8 Å². The second-order valence-corrected chi connectivity index (χ2v) is 8.31. The molecule has 7 unspecified atom stereocenters. The van der Waals surface area contributed by atoms with Crippen molar-refractivity contribution in [3.8, 4) is 0 Å². The number of hydrogen-bond acceptors (Lipinski definition) is 4. The highest BCUT2D eigenvalue weighted by molar-refractivity contribution is 8.03. The molecule has 0 aliphatic carbocycles. The maximum Gasteiger partial charge on any atom is 0.139 e. The fraction of sp³-hybridized carbons (Fsp3) is 0.769. The highest BCUT2D eigenvalue weighted by Gasteiger charge is 2.63. The van der Waals surface area contributed by atoms with Crippen LogP contribution in [-0.4, -0.2) is 38.5 Å². The number of carbonyl (C=O) groups is 1. The maximum atomic E-state index is 12.0. The van der Waals surface area contributed by atoms with Crippen LogP contribution in [0.3, 0.4) is 0 Å². The van der Waals surface area contributed by atoms with Gasteiger partial charge in [-0.3, -0.25) is 4.79 Å². The molecule has 0 aromatic rings. The van der Waals surface area contributed by atoms with E-state index < -0.39 is 0 Å². The van der Waals surface area contributed by atoms with Crippen molar-refractivity contribution < 1.29 is 9.90 Å². The Balaban J connectivity index is 1.59. The average molecular weight is 268 g/mol. The van der Waals surface area contributed by atoms with Gasteiger partial charge in [-0.15, -0.1) is 11.8 Å². The number of ketones is 1. The van der Waals surface area contributed by atoms with Crippen LogP contribution in [0.4, 0.5) is 0 Å². The first-order valence-electron chi connectivity index (χ1n) is 6.42. The molecule has 92 valence electrons. The number of aliphatic hydroxyl groups is 1. The SMILES string of the molecule is O=C(CCO)C1CC2SC1C1C3C=CC(S3)C21. The molecule has 4 aliphatic heterocycles. The molecule has 0 saturated carbocycles. The Morgan fingerprint density at radius 3 is 2.76 bits per heavy atom. The second-order valence-electron chi connectivity index (χ2n) is 5.53. The molecule has 4 heteroatoms. The molecule has 3 saturated heterocycles. The van der Waals surface area contributed by atoms with E-state index in [2.05, 4.69) is 35.7 Å². The molecule has 0 aromatic heterocycles. The van der Waals surface area contributed by atoms with Gasteiger partial charge in [-0.1, -0.05) is 12.2 Å². The first kappa shape index (κ1) is 10.9. The van der Waals surface area contributed by atoms with Gasteiger partial charge in [0.05, 0.1) is 0 Å². The third-order valence-corrected chi connectivity index (χ3v) is 8.19. The lowest BCUT2D eigenvalue weighted by Gasteiger charge is -2.33. The summed E-state index contributed by atoms with van der Waals surface area (Å²) in [5.41, 5.74) is 0. The van der Waals surface area contributed by atoms with Gasteiger partial charge < -0.3 is 5.11 Å². The largest absolute Gasteiger partial charge is 0.396 e. The Labute approximate surface area is 110 Å². The van der Waals surface area contributed by atoms with E-state index in [-0.39, 0.29) is 12.5 Å². The molecule has 0 aromatic carbocycles. The number of aliphatic hydroxyl groups excluding tert-OH is 1. The van der Waals surface area contributed by atoms with E-state index in [9.17, 15) is 4.79 Å². The summed E-state index contributed by atoms with van der Waals surface area (Å²) in [6, 6.07) is 0. The molecule has 1 N–H and O–H groups in total. The van der Waals surface area contributed by atoms with Gasteiger partial charge in [0.1, 0.15) is 5.78 Å². The molecule has 7 atom stereocenters. The minimum atomic E-state index is 0.0200. The lowest BCUT2D eigenvalue weighted by Crippen LogP contribution is -2.41. The minimum absolute atomic E-state index is 0.0200. The van der Waals surface area contributed by atoms with Crippen LogP contribution >= 0.6 is 23.5 Å². The van der Waals surface area contributed by atoms with Gasteiger partial charge in [-0.05, 0) is 18.3 Å². The zero-order valence-corrected chi connectivity index (χ0v) is 11.1. The smallest absolute Gasteiger partial charge is 0.139 e. The predicted molar refractivity (Wildman–Crippen MR) is 71.3 cm³/mol. The summed E-state index contributed by atoms with van der Waals surface area (Å²) in [5.74, 6) is 2.13. The van der Waals surface area contributed by atoms with Crippen molar-refractivity contribution in [1.82, 2.24) is 0 Å². The molecular weight excluding hydrogens is 252 g/mol. The minimum Gasteiger partial charge on any atom is -0.396 e. The van der Waals surface area contributed by atoms with E-state index in [0.29, 0.717) is 28.0 Å². The molecule has 4 heterocycles. The number of rotatable bonds is 3. The summed E-state index contributed by atoms with van der Waals surface area (Å²) >= 11 is 4.19. The third kappa shape index (κ3) is 1.38. The number of Topliss-reactive ketones (excluding diaryl/α,β-unsaturated/α-hetero) is 1. The van der Waals surface area contributed by atoms with Crippen LogP contribution in [0.2, 0.25) is 0 Å². The van der Waals surface area contributed by atoms with Crippen molar-refractivity contribution in [3.63, 3.8) is 0 Å². The summed E-state index contributed by atoms with van der Waals surface area (Å²) in [5, 5.41) is 11.6. The number of thioether (sulfide) groups is 2. The van der Waals surface area contributed by atoms with Crippen molar-refractivity contribution in [1.29, 1.82) is 0 Å². The predicted octanol–water partition coefficient (Wildman–Crippen LogP) is 1.73. The Hall–Kier alpha value is 0.0700. The molecule has 0 spiro atoms. The van der Waals surface area contributed by atoms with Gasteiger partial charge in [-0.25, -0.2) is 0 Å². The van der Waals surface area contributed by atoms with Gasteiger partial charge in [0.2, 0.25) is 0 Å². The second kappa shape index (κ2) is 3.78. The highest BCUT2D eigenvalue weighted by Crippen LogP contribution is 2.66. The van der Waals surface area contributed by atoms with Crippen molar-refractivity contribution in [2.75, 3.05) is 6.61 Å². The number of hydrogen-bond donors (Lipinski definition) is 1. The molecule has 4 rings (SSSR count). The fourth-order valence-electron chi connectivity index (χ4n) is 4.19. The Bertz CT molecular complexity index is 395. The molecule has 0 radical (unpaired) electrons. The quantitative estimate of drug-likeness (QED) is 0.791. The maximum absolute atomic E-state index is 12.0. The monoisotopic (exact) mass is 268 g/mol. The zero-order chi connectivity index (χ0) is 11.6. The van der Waals surface area contributed by atoms with E-state index >= 15 is 0 Å².